The quantitative estimate of drug-likeness (QED) is 0.686. The Balaban J connectivity index is 2.14. The summed E-state index contributed by atoms with van der Waals surface area (Å²) in [6, 6.07) is 2.32. The van der Waals surface area contributed by atoms with E-state index in [1.165, 1.54) is 26.2 Å². The third-order valence-electron chi connectivity index (χ3n) is 3.55. The van der Waals surface area contributed by atoms with E-state index in [9.17, 15) is 10.1 Å². The second kappa shape index (κ2) is 3.27. The smallest absolute Gasteiger partial charge is 0.218 e. The SMILES string of the molecule is CC(=O)NC1(C#N)C[C@@H]2CC[C@@H](C2)C1. The number of nitriles is 1. The number of hydrogen-bond acceptors (Lipinski definition) is 2. The van der Waals surface area contributed by atoms with E-state index in [0.29, 0.717) is 11.8 Å². The molecule has 2 fully saturated rings. The minimum atomic E-state index is -0.546. The van der Waals surface area contributed by atoms with Crippen LogP contribution in [-0.2, 0) is 4.79 Å². The summed E-state index contributed by atoms with van der Waals surface area (Å²) >= 11 is 0. The Morgan fingerprint density at radius 1 is 1.43 bits per heavy atom. The van der Waals surface area contributed by atoms with Gasteiger partial charge >= 0.3 is 0 Å². The van der Waals surface area contributed by atoms with E-state index in [4.69, 9.17) is 0 Å². The van der Waals surface area contributed by atoms with Gasteiger partial charge in [-0.3, -0.25) is 4.79 Å². The van der Waals surface area contributed by atoms with E-state index >= 15 is 0 Å². The van der Waals surface area contributed by atoms with Gasteiger partial charge in [-0.05, 0) is 31.1 Å². The van der Waals surface area contributed by atoms with Crippen molar-refractivity contribution in [3.05, 3.63) is 0 Å². The largest absolute Gasteiger partial charge is 0.338 e. The van der Waals surface area contributed by atoms with Gasteiger partial charge in [0.1, 0.15) is 5.54 Å². The van der Waals surface area contributed by atoms with Crippen molar-refractivity contribution in [2.75, 3.05) is 0 Å². The maximum atomic E-state index is 11.0. The maximum absolute atomic E-state index is 11.0. The van der Waals surface area contributed by atoms with Gasteiger partial charge in [0.2, 0.25) is 5.91 Å². The molecule has 0 aliphatic heterocycles. The number of carbonyl (C=O) groups is 1. The van der Waals surface area contributed by atoms with Crippen LogP contribution >= 0.6 is 0 Å². The normalized spacial score (nSPS) is 40.3. The summed E-state index contributed by atoms with van der Waals surface area (Å²) in [6.45, 7) is 1.50. The predicted octanol–water partition coefficient (Wildman–Crippen LogP) is 1.59. The third kappa shape index (κ3) is 1.61. The highest BCUT2D eigenvalue weighted by atomic mass is 16.1. The summed E-state index contributed by atoms with van der Waals surface area (Å²) in [4.78, 5) is 11.0. The molecule has 2 bridgehead atoms. The van der Waals surface area contributed by atoms with E-state index in [0.717, 1.165) is 12.8 Å². The van der Waals surface area contributed by atoms with Crippen molar-refractivity contribution in [3.63, 3.8) is 0 Å². The number of hydrogen-bond donors (Lipinski definition) is 1. The second-order valence-corrected chi connectivity index (χ2v) is 4.83. The van der Waals surface area contributed by atoms with Crippen molar-refractivity contribution in [1.82, 2.24) is 5.32 Å². The lowest BCUT2D eigenvalue weighted by molar-refractivity contribution is -0.120. The van der Waals surface area contributed by atoms with E-state index < -0.39 is 5.54 Å². The number of carbonyl (C=O) groups excluding carboxylic acids is 1. The van der Waals surface area contributed by atoms with E-state index in [-0.39, 0.29) is 5.91 Å². The van der Waals surface area contributed by atoms with Crippen LogP contribution in [0.4, 0.5) is 0 Å². The van der Waals surface area contributed by atoms with Gasteiger partial charge < -0.3 is 5.32 Å². The van der Waals surface area contributed by atoms with Crippen LogP contribution in [-0.4, -0.2) is 11.4 Å². The molecule has 0 spiro atoms. The molecule has 14 heavy (non-hydrogen) atoms. The number of amides is 1. The van der Waals surface area contributed by atoms with Crippen LogP contribution in [0, 0.1) is 23.2 Å². The molecule has 1 amide bonds. The van der Waals surface area contributed by atoms with Gasteiger partial charge in [0.15, 0.2) is 0 Å². The van der Waals surface area contributed by atoms with Gasteiger partial charge in [0.05, 0.1) is 6.07 Å². The fourth-order valence-corrected chi connectivity index (χ4v) is 3.18. The third-order valence-corrected chi connectivity index (χ3v) is 3.55. The van der Waals surface area contributed by atoms with Gasteiger partial charge in [-0.15, -0.1) is 0 Å². The van der Waals surface area contributed by atoms with E-state index in [1.807, 2.05) is 0 Å². The van der Waals surface area contributed by atoms with Crippen molar-refractivity contribution in [3.8, 4) is 6.07 Å². The Bertz CT molecular complexity index is 280. The molecule has 2 aliphatic rings. The minimum absolute atomic E-state index is 0.0761. The monoisotopic (exact) mass is 192 g/mol. The molecule has 2 aliphatic carbocycles. The van der Waals surface area contributed by atoms with Crippen LogP contribution in [0.1, 0.15) is 39.0 Å². The molecule has 0 aromatic carbocycles. The average Bonchev–Trinajstić information content (AvgIpc) is 2.45. The van der Waals surface area contributed by atoms with Gasteiger partial charge in [-0.25, -0.2) is 0 Å². The Kier molecular flexibility index (Phi) is 2.22. The van der Waals surface area contributed by atoms with Crippen LogP contribution in [0.25, 0.3) is 0 Å². The van der Waals surface area contributed by atoms with Gasteiger partial charge in [-0.1, -0.05) is 12.8 Å². The Hall–Kier alpha value is -1.04. The van der Waals surface area contributed by atoms with Crippen LogP contribution in [0.3, 0.4) is 0 Å². The predicted molar refractivity (Wildman–Crippen MR) is 52.2 cm³/mol. The van der Waals surface area contributed by atoms with Crippen LogP contribution < -0.4 is 5.32 Å². The molecule has 2 rings (SSSR count). The molecular formula is C11H16N2O. The number of fused-ring (bicyclic) bond motifs is 2. The molecule has 1 unspecified atom stereocenters. The fourth-order valence-electron chi connectivity index (χ4n) is 3.18. The van der Waals surface area contributed by atoms with Crippen LogP contribution in [0.15, 0.2) is 0 Å². The maximum Gasteiger partial charge on any atom is 0.218 e. The molecule has 3 heteroatoms. The number of rotatable bonds is 1. The first-order chi connectivity index (χ1) is 6.63. The van der Waals surface area contributed by atoms with Crippen LogP contribution in [0.5, 0.6) is 0 Å². The molecule has 0 aromatic heterocycles. The molecule has 0 aromatic rings. The first kappa shape index (κ1) is 9.51. The van der Waals surface area contributed by atoms with Crippen molar-refractivity contribution in [2.45, 2.75) is 44.6 Å². The first-order valence-corrected chi connectivity index (χ1v) is 5.33. The van der Waals surface area contributed by atoms with E-state index in [1.54, 1.807) is 0 Å². The second-order valence-electron chi connectivity index (χ2n) is 4.83. The lowest BCUT2D eigenvalue weighted by Crippen LogP contribution is -2.50. The summed E-state index contributed by atoms with van der Waals surface area (Å²) in [5.74, 6) is 1.26. The lowest BCUT2D eigenvalue weighted by Gasteiger charge is -2.35. The molecule has 3 atom stereocenters. The highest BCUT2D eigenvalue weighted by Gasteiger charge is 2.44. The minimum Gasteiger partial charge on any atom is -0.338 e. The summed E-state index contributed by atoms with van der Waals surface area (Å²) in [5, 5.41) is 12.0. The summed E-state index contributed by atoms with van der Waals surface area (Å²) in [7, 11) is 0. The lowest BCUT2D eigenvalue weighted by atomic mass is 9.76. The molecule has 3 nitrogen and oxygen atoms in total. The Morgan fingerprint density at radius 2 is 2.00 bits per heavy atom. The summed E-state index contributed by atoms with van der Waals surface area (Å²) in [6.07, 6.45) is 5.48. The standard InChI is InChI=1S/C11H16N2O/c1-8(14)13-11(7-12)5-9-2-3-10(4-9)6-11/h9-10H,2-6H2,1H3,(H,13,14)/t9-,10+,11?. The zero-order valence-electron chi connectivity index (χ0n) is 8.55. The van der Waals surface area contributed by atoms with Crippen molar-refractivity contribution >= 4 is 5.91 Å². The Morgan fingerprint density at radius 3 is 2.43 bits per heavy atom. The van der Waals surface area contributed by atoms with Gasteiger partial charge in [-0.2, -0.15) is 5.26 Å². The Labute approximate surface area is 84.5 Å². The van der Waals surface area contributed by atoms with Gasteiger partial charge in [0, 0.05) is 6.92 Å². The molecule has 76 valence electrons. The van der Waals surface area contributed by atoms with Gasteiger partial charge in [0.25, 0.3) is 0 Å². The van der Waals surface area contributed by atoms with Crippen LogP contribution in [0.2, 0.25) is 0 Å². The molecule has 0 saturated heterocycles. The van der Waals surface area contributed by atoms with E-state index in [2.05, 4.69) is 11.4 Å². The zero-order chi connectivity index (χ0) is 10.2. The molecule has 0 heterocycles. The number of nitrogens with zero attached hydrogens (tertiary/aromatic N) is 1. The van der Waals surface area contributed by atoms with Crippen molar-refractivity contribution in [1.29, 1.82) is 5.26 Å². The molecule has 2 saturated carbocycles. The molecular weight excluding hydrogens is 176 g/mol. The first-order valence-electron chi connectivity index (χ1n) is 5.33. The zero-order valence-corrected chi connectivity index (χ0v) is 8.55. The molecule has 0 radical (unpaired) electrons. The highest BCUT2D eigenvalue weighted by molar-refractivity contribution is 5.74. The summed E-state index contributed by atoms with van der Waals surface area (Å²) in [5.41, 5.74) is -0.546. The number of nitrogens with one attached hydrogen (secondary N) is 1. The highest BCUT2D eigenvalue weighted by Crippen LogP contribution is 2.46. The topological polar surface area (TPSA) is 52.9 Å². The van der Waals surface area contributed by atoms with Crippen molar-refractivity contribution < 1.29 is 4.79 Å². The van der Waals surface area contributed by atoms with Crippen molar-refractivity contribution in [2.24, 2.45) is 11.8 Å². The molecule has 1 N–H and O–H groups in total. The summed E-state index contributed by atoms with van der Waals surface area (Å²) < 4.78 is 0. The average molecular weight is 192 g/mol. The fraction of sp³-hybridized carbons (Fsp3) is 0.818.